The van der Waals surface area contributed by atoms with Crippen LogP contribution in [0.15, 0.2) is 70.3 Å². The van der Waals surface area contributed by atoms with Crippen LogP contribution in [-0.4, -0.2) is 86.5 Å². The fraction of sp³-hybridized carbons (Fsp3) is 0.326. The van der Waals surface area contributed by atoms with E-state index in [1.807, 2.05) is 0 Å². The van der Waals surface area contributed by atoms with Crippen molar-refractivity contribution in [1.82, 2.24) is 55.8 Å². The lowest BCUT2D eigenvalue weighted by Crippen LogP contribution is -2.19. The number of aromatic amines is 1. The molecule has 364 valence electrons. The van der Waals surface area contributed by atoms with Crippen molar-refractivity contribution in [3.63, 3.8) is 0 Å². The molecule has 0 aliphatic rings. The SMILES string of the molecule is CC(=O)NCc1nc(-c2nc(C(C)=O)co2)co1.CC(=O)NCc1nc(C(C)=O)co1.CC(=O)NCc1ncc(-c2nc(C(C)=O)co2)[nH]1.CC(=O)c1coc(CCCC(=O)c2coc(CN)n2)n1. The number of nitrogens with zero attached hydrogens (tertiary/aromatic N) is 7. The Balaban J connectivity index is 0.000000202. The van der Waals surface area contributed by atoms with Gasteiger partial charge < -0.3 is 53.2 Å². The molecule has 0 aliphatic carbocycles. The highest BCUT2D eigenvalue weighted by Crippen LogP contribution is 2.19. The maximum atomic E-state index is 11.8. The second-order valence-corrected chi connectivity index (χ2v) is 14.3. The maximum Gasteiger partial charge on any atom is 0.249 e. The van der Waals surface area contributed by atoms with E-state index >= 15 is 0 Å². The number of H-pyrrole nitrogens is 1. The summed E-state index contributed by atoms with van der Waals surface area (Å²) in [6.07, 6.45) is 10.7. The van der Waals surface area contributed by atoms with E-state index in [1.54, 1.807) is 0 Å². The maximum absolute atomic E-state index is 11.8. The molecule has 3 amide bonds. The summed E-state index contributed by atoms with van der Waals surface area (Å²) in [5.74, 6) is 1.30. The normalized spacial score (nSPS) is 10.3. The van der Waals surface area contributed by atoms with Crippen molar-refractivity contribution in [2.24, 2.45) is 5.73 Å². The number of nitrogens with one attached hydrogen (secondary N) is 4. The average Bonchev–Trinajstić information content (AvgIpc) is 4.16. The number of hydrogen-bond donors (Lipinski definition) is 5. The zero-order valence-corrected chi connectivity index (χ0v) is 38.4. The summed E-state index contributed by atoms with van der Waals surface area (Å²) < 4.78 is 30.5. The Morgan fingerprint density at radius 2 is 0.942 bits per heavy atom. The monoisotopic (exact) mass is 956 g/mol. The Morgan fingerprint density at radius 3 is 1.46 bits per heavy atom. The minimum absolute atomic E-state index is 0.119. The van der Waals surface area contributed by atoms with E-state index in [2.05, 4.69) is 55.8 Å². The summed E-state index contributed by atoms with van der Waals surface area (Å²) >= 11 is 0. The molecular formula is C43H48N12O14. The van der Waals surface area contributed by atoms with E-state index in [-0.39, 0.29) is 94.9 Å². The number of imidazole rings is 1. The van der Waals surface area contributed by atoms with E-state index in [0.29, 0.717) is 78.2 Å². The first-order valence-corrected chi connectivity index (χ1v) is 20.5. The number of ketones is 5. The van der Waals surface area contributed by atoms with Crippen LogP contribution in [0.4, 0.5) is 0 Å². The first-order valence-electron chi connectivity index (χ1n) is 20.5. The Morgan fingerprint density at radius 1 is 0.507 bits per heavy atom. The molecule has 7 rings (SSSR count). The highest BCUT2D eigenvalue weighted by atomic mass is 16.4. The molecule has 0 atom stereocenters. The van der Waals surface area contributed by atoms with Crippen LogP contribution >= 0.6 is 0 Å². The summed E-state index contributed by atoms with van der Waals surface area (Å²) in [5.41, 5.74) is 7.65. The summed E-state index contributed by atoms with van der Waals surface area (Å²) in [4.78, 5) is 119. The molecule has 26 heteroatoms. The molecule has 0 bridgehead atoms. The lowest BCUT2D eigenvalue weighted by molar-refractivity contribution is -0.120. The van der Waals surface area contributed by atoms with E-state index < -0.39 is 0 Å². The molecule has 7 aromatic heterocycles. The van der Waals surface area contributed by atoms with E-state index in [4.69, 9.17) is 32.2 Å². The number of oxazole rings is 6. The Bertz CT molecular complexity index is 2770. The van der Waals surface area contributed by atoms with Crippen LogP contribution in [0.1, 0.15) is 143 Å². The van der Waals surface area contributed by atoms with Crippen molar-refractivity contribution in [3.8, 4) is 23.2 Å². The Kier molecular flexibility index (Phi) is 19.7. The Hall–Kier alpha value is -8.81. The first kappa shape index (κ1) is 52.8. The van der Waals surface area contributed by atoms with Crippen LogP contribution in [0.25, 0.3) is 23.2 Å². The molecule has 0 saturated heterocycles. The number of aromatic nitrogens is 8. The van der Waals surface area contributed by atoms with Gasteiger partial charge in [-0.1, -0.05) is 0 Å². The predicted octanol–water partition coefficient (Wildman–Crippen LogP) is 4.11. The van der Waals surface area contributed by atoms with Gasteiger partial charge in [0.1, 0.15) is 77.6 Å². The van der Waals surface area contributed by atoms with Crippen LogP contribution in [0.5, 0.6) is 0 Å². The highest BCUT2D eigenvalue weighted by molar-refractivity contribution is 5.94. The van der Waals surface area contributed by atoms with Gasteiger partial charge in [-0.25, -0.2) is 34.9 Å². The molecule has 69 heavy (non-hydrogen) atoms. The molecule has 7 heterocycles. The molecule has 0 aliphatic heterocycles. The van der Waals surface area contributed by atoms with Crippen molar-refractivity contribution in [2.45, 2.75) is 93.9 Å². The van der Waals surface area contributed by atoms with Gasteiger partial charge in [-0.3, -0.25) is 38.4 Å². The first-order chi connectivity index (χ1) is 32.8. The second kappa shape index (κ2) is 25.8. The van der Waals surface area contributed by atoms with Crippen LogP contribution in [0, 0.1) is 0 Å². The quantitative estimate of drug-likeness (QED) is 0.0755. The number of carbonyl (C=O) groups is 8. The van der Waals surface area contributed by atoms with Crippen LogP contribution in [-0.2, 0) is 47.0 Å². The lowest BCUT2D eigenvalue weighted by atomic mass is 10.1. The standard InChI is InChI=1S/C13H15N3O4.C11H12N4O3.C11H11N3O4.C8H10N2O3/c1-8(17)9-6-19-12(15-9)4-2-3-11(18)10-7-20-13(5-14)16-10;1-6(16)9-5-18-11(15-9)8-3-13-10(14-8)4-12-7(2)17;1-6(15)8-4-18-11(14-8)9-5-17-10(13-9)3-12-7(2)16;1-5(11)7-4-13-8(10-7)3-9-6(2)12/h6-7H,2-5,14H2,1H3;3,5H,4H2,1-2H3,(H,12,17)(H,13,14);4-5H,3H2,1-2H3,(H,12,16);4H,3H2,1-2H3,(H,9,12). The molecule has 0 spiro atoms. The third kappa shape index (κ3) is 17.5. The number of carbonyl (C=O) groups excluding carboxylic acids is 8. The van der Waals surface area contributed by atoms with Crippen molar-refractivity contribution in [1.29, 1.82) is 0 Å². The third-order valence-electron chi connectivity index (χ3n) is 8.47. The minimum atomic E-state index is -0.188. The number of aryl methyl sites for hydroxylation is 1. The average molecular weight is 957 g/mol. The topological polar surface area (TPSA) is 384 Å². The van der Waals surface area contributed by atoms with E-state index in [0.717, 1.165) is 0 Å². The minimum Gasteiger partial charge on any atom is -0.448 e. The van der Waals surface area contributed by atoms with Gasteiger partial charge in [-0.05, 0) is 6.42 Å². The number of hydrogen-bond acceptors (Lipinski definition) is 22. The molecule has 6 N–H and O–H groups in total. The van der Waals surface area contributed by atoms with Gasteiger partial charge in [-0.2, -0.15) is 0 Å². The van der Waals surface area contributed by atoms with Crippen LogP contribution in [0.3, 0.4) is 0 Å². The van der Waals surface area contributed by atoms with Crippen LogP contribution < -0.4 is 21.7 Å². The second-order valence-electron chi connectivity index (χ2n) is 14.3. The van der Waals surface area contributed by atoms with Crippen molar-refractivity contribution < 1.29 is 64.9 Å². The number of Topliss-reactive ketones (excluding diaryl/α,β-unsaturated/α-hetero) is 5. The molecule has 0 saturated carbocycles. The van der Waals surface area contributed by atoms with Crippen molar-refractivity contribution in [3.05, 3.63) is 102 Å². The van der Waals surface area contributed by atoms with Gasteiger partial charge in [-0.15, -0.1) is 0 Å². The molecule has 0 radical (unpaired) electrons. The van der Waals surface area contributed by atoms with Crippen molar-refractivity contribution in [2.75, 3.05) is 0 Å². The summed E-state index contributed by atoms with van der Waals surface area (Å²) in [6, 6.07) is 0. The molecular weight excluding hydrogens is 909 g/mol. The van der Waals surface area contributed by atoms with Gasteiger partial charge in [0.05, 0.1) is 32.4 Å². The molecule has 7 aromatic rings. The fourth-order valence-corrected chi connectivity index (χ4v) is 4.97. The number of rotatable bonds is 18. The lowest BCUT2D eigenvalue weighted by Gasteiger charge is -1.96. The summed E-state index contributed by atoms with van der Waals surface area (Å²) in [7, 11) is 0. The molecule has 26 nitrogen and oxygen atoms in total. The van der Waals surface area contributed by atoms with Gasteiger partial charge in [0, 0.05) is 61.3 Å². The smallest absolute Gasteiger partial charge is 0.249 e. The van der Waals surface area contributed by atoms with Gasteiger partial charge >= 0.3 is 0 Å². The van der Waals surface area contributed by atoms with Gasteiger partial charge in [0.2, 0.25) is 47.2 Å². The highest BCUT2D eigenvalue weighted by Gasteiger charge is 2.16. The zero-order valence-electron chi connectivity index (χ0n) is 38.4. The van der Waals surface area contributed by atoms with Crippen LogP contribution in [0.2, 0.25) is 0 Å². The van der Waals surface area contributed by atoms with E-state index in [9.17, 15) is 38.4 Å². The molecule has 0 unspecified atom stereocenters. The van der Waals surface area contributed by atoms with Crippen molar-refractivity contribution >= 4 is 46.6 Å². The van der Waals surface area contributed by atoms with Gasteiger partial charge in [0.25, 0.3) is 0 Å². The molecule has 0 aromatic carbocycles. The molecule has 0 fully saturated rings. The predicted molar refractivity (Wildman–Crippen MR) is 233 cm³/mol. The summed E-state index contributed by atoms with van der Waals surface area (Å²) in [6.45, 7) is 10.7. The van der Waals surface area contributed by atoms with Gasteiger partial charge in [0.15, 0.2) is 40.5 Å². The summed E-state index contributed by atoms with van der Waals surface area (Å²) in [5, 5.41) is 7.67. The fourth-order valence-electron chi connectivity index (χ4n) is 4.97. The third-order valence-corrected chi connectivity index (χ3v) is 8.47. The Labute approximate surface area is 391 Å². The largest absolute Gasteiger partial charge is 0.448 e. The number of nitrogens with two attached hydrogens (primary N) is 1. The number of amides is 3. The van der Waals surface area contributed by atoms with E-state index in [1.165, 1.54) is 92.2 Å². The zero-order chi connectivity index (χ0) is 50.6.